The summed E-state index contributed by atoms with van der Waals surface area (Å²) in [6.45, 7) is 2.17. The van der Waals surface area contributed by atoms with Crippen LogP contribution in [-0.4, -0.2) is 22.2 Å². The van der Waals surface area contributed by atoms with Crippen LogP contribution in [0.4, 0.5) is 5.69 Å². The summed E-state index contributed by atoms with van der Waals surface area (Å²) in [7, 11) is 0. The zero-order valence-corrected chi connectivity index (χ0v) is 63.6. The van der Waals surface area contributed by atoms with Gasteiger partial charge in [-0.3, -0.25) is 9.59 Å². The van der Waals surface area contributed by atoms with E-state index in [2.05, 4.69) is 319 Å². The molecule has 22 rings (SSSR count). The Balaban J connectivity index is 0.000000112. The molecule has 0 saturated carbocycles. The van der Waals surface area contributed by atoms with Gasteiger partial charge in [0.2, 0.25) is 0 Å². The third-order valence-electron chi connectivity index (χ3n) is 22.2. The van der Waals surface area contributed by atoms with Gasteiger partial charge in [0.05, 0.1) is 27.0 Å². The van der Waals surface area contributed by atoms with Gasteiger partial charge in [-0.05, 0) is 216 Å². The SMILES string of the molecule is Brc1ccc2c(c1)C1(c3ccccc3-c3ccccc31)c1ccccc1-2.CC(=O)O.CC(=O)O.Clc1ccccc1Cc1ccc2c(c1)C1(c3ccccc3-c3ccccc31)c1ccccc1-2.Nc1ccccc1Cl.[Pd].c1ccc2c(c1)Cc1cc3c(cc1-2)-c1ccccc1C31c2ccccc2-c2ccccc21. The van der Waals surface area contributed by atoms with Crippen LogP contribution in [0, 0.1) is 0 Å². The molecule has 0 amide bonds. The minimum absolute atomic E-state index is 0. The quantitative estimate of drug-likeness (QED) is 0.118. The number of nitrogens with two attached hydrogens (primary N) is 1. The average molecular weight is 1590 g/mol. The number of carbonyl (C=O) groups is 2. The number of halogens is 3. The molecule has 3 spiro atoms. The van der Waals surface area contributed by atoms with Crippen molar-refractivity contribution in [3.05, 3.63) is 443 Å². The van der Waals surface area contributed by atoms with Crippen LogP contribution in [-0.2, 0) is 59.1 Å². The fourth-order valence-electron chi connectivity index (χ4n) is 18.4. The van der Waals surface area contributed by atoms with Gasteiger partial charge in [-0.15, -0.1) is 0 Å². The van der Waals surface area contributed by atoms with Crippen LogP contribution in [0.1, 0.15) is 103 Å². The predicted octanol–water partition coefficient (Wildman–Crippen LogP) is 24.8. The van der Waals surface area contributed by atoms with E-state index in [-0.39, 0.29) is 36.7 Å². The van der Waals surface area contributed by atoms with E-state index < -0.39 is 11.9 Å². The Bertz CT molecular complexity index is 5910. The molecule has 9 heteroatoms. The molecule has 15 aromatic rings. The maximum Gasteiger partial charge on any atom is 0.300 e. The van der Waals surface area contributed by atoms with Gasteiger partial charge in [0.1, 0.15) is 0 Å². The van der Waals surface area contributed by atoms with E-state index in [9.17, 15) is 0 Å². The second kappa shape index (κ2) is 28.8. The molecule has 108 heavy (non-hydrogen) atoms. The number of carboxylic acids is 2. The topological polar surface area (TPSA) is 101 Å². The second-order valence-corrected chi connectivity index (χ2v) is 29.7. The van der Waals surface area contributed by atoms with Crippen LogP contribution in [0.25, 0.3) is 77.9 Å². The number of benzene rings is 15. The monoisotopic (exact) mass is 1590 g/mol. The van der Waals surface area contributed by atoms with Crippen LogP contribution >= 0.6 is 39.1 Å². The Morgan fingerprint density at radius 3 is 0.963 bits per heavy atom. The molecule has 4 N–H and O–H groups in total. The average Bonchev–Trinajstić information content (AvgIpc) is 1.50. The Labute approximate surface area is 661 Å². The van der Waals surface area contributed by atoms with Crippen molar-refractivity contribution in [3.63, 3.8) is 0 Å². The van der Waals surface area contributed by atoms with E-state index in [1.807, 2.05) is 24.3 Å². The summed E-state index contributed by atoms with van der Waals surface area (Å²) in [6, 6.07) is 124. The van der Waals surface area contributed by atoms with Crippen molar-refractivity contribution in [3.8, 4) is 77.9 Å². The molecule has 0 atom stereocenters. The molecule has 0 radical (unpaired) electrons. The summed E-state index contributed by atoms with van der Waals surface area (Å²) in [6.07, 6.45) is 1.84. The molecule has 0 fully saturated rings. The first-order valence-corrected chi connectivity index (χ1v) is 37.5. The Morgan fingerprint density at radius 1 is 0.315 bits per heavy atom. The zero-order valence-electron chi connectivity index (χ0n) is 59.0. The number of fused-ring (bicyclic) bond motifs is 33. The van der Waals surface area contributed by atoms with Crippen molar-refractivity contribution in [1.29, 1.82) is 0 Å². The minimum atomic E-state index is -0.833. The fraction of sp³-hybridized carbons (Fsp3) is 0.0707. The van der Waals surface area contributed by atoms with E-state index >= 15 is 0 Å². The van der Waals surface area contributed by atoms with E-state index in [0.717, 1.165) is 41.7 Å². The summed E-state index contributed by atoms with van der Waals surface area (Å²) in [5, 5.41) is 16.3. The zero-order chi connectivity index (χ0) is 73.3. The predicted molar refractivity (Wildman–Crippen MR) is 441 cm³/mol. The standard InChI is InChI=1S/C32H21Cl.C32H20.C25H15Br.C6H6ClN.2C2H4O2.Pd/c33-31-16-8-1-9-22(31)19-21-17-18-26-25-12-4-7-15-29(25)32(30(26)20-21)27-13-5-2-10-23(27)24-11-3-6-14-28(24)32;1-2-10-22-20(9-1)17-21-18-31-27(19-26(21)22)25-13-5-8-16-30(25)32(31)28-14-6-3-11-23(28)24-12-4-7-15-29(24)32;26-16-13-14-20-19-9-3-6-12-23(19)25(24(20)15-16)21-10-4-1-7-17(21)18-8-2-5-11-22(18)25;7-5-3-1-2-4-6(5)8;2*1-2(3)4;/h1-18,20H,19H2;1-16,18-19H,17H2;1-15H;1-4H,8H2;2*1H3,(H,3,4);. The summed E-state index contributed by atoms with van der Waals surface area (Å²) >= 11 is 15.8. The first-order valence-electron chi connectivity index (χ1n) is 35.9. The summed E-state index contributed by atoms with van der Waals surface area (Å²) in [5.74, 6) is -1.67. The molecule has 0 saturated heterocycles. The molecule has 7 aliphatic rings. The molecule has 0 aromatic heterocycles. The molecule has 0 unspecified atom stereocenters. The maximum absolute atomic E-state index is 9.00. The first-order chi connectivity index (χ1) is 52.2. The third kappa shape index (κ3) is 11.4. The smallest absolute Gasteiger partial charge is 0.300 e. The van der Waals surface area contributed by atoms with Crippen molar-refractivity contribution in [2.24, 2.45) is 0 Å². The summed E-state index contributed by atoms with van der Waals surface area (Å²) < 4.78 is 1.13. The molecule has 526 valence electrons. The van der Waals surface area contributed by atoms with Gasteiger partial charge in [0.15, 0.2) is 0 Å². The van der Waals surface area contributed by atoms with Crippen molar-refractivity contribution in [2.45, 2.75) is 42.9 Å². The van der Waals surface area contributed by atoms with Crippen LogP contribution in [0.15, 0.2) is 344 Å². The van der Waals surface area contributed by atoms with Gasteiger partial charge in [-0.1, -0.05) is 342 Å². The molecule has 0 bridgehead atoms. The summed E-state index contributed by atoms with van der Waals surface area (Å²) in [4.78, 5) is 18.0. The van der Waals surface area contributed by atoms with Gasteiger partial charge in [-0.25, -0.2) is 0 Å². The van der Waals surface area contributed by atoms with Crippen LogP contribution in [0.2, 0.25) is 10.0 Å². The number of hydrogen-bond donors (Lipinski definition) is 3. The largest absolute Gasteiger partial charge is 0.481 e. The number of carboxylic acid groups (broad SMARTS) is 2. The number of nitrogen functional groups attached to an aromatic ring is 1. The van der Waals surface area contributed by atoms with E-state index in [1.54, 1.807) is 12.1 Å². The summed E-state index contributed by atoms with van der Waals surface area (Å²) in [5.41, 5.74) is 46.5. The number of hydrogen-bond acceptors (Lipinski definition) is 3. The van der Waals surface area contributed by atoms with Gasteiger partial charge >= 0.3 is 0 Å². The van der Waals surface area contributed by atoms with Crippen molar-refractivity contribution >= 4 is 56.8 Å². The van der Waals surface area contributed by atoms with Crippen molar-refractivity contribution in [1.82, 2.24) is 0 Å². The molecule has 0 heterocycles. The Morgan fingerprint density at radius 2 is 0.602 bits per heavy atom. The van der Waals surface area contributed by atoms with Gasteiger partial charge in [0, 0.05) is 43.8 Å². The van der Waals surface area contributed by atoms with Gasteiger partial charge in [0.25, 0.3) is 11.9 Å². The number of rotatable bonds is 2. The van der Waals surface area contributed by atoms with E-state index in [0.29, 0.717) is 10.7 Å². The van der Waals surface area contributed by atoms with Crippen LogP contribution < -0.4 is 5.73 Å². The second-order valence-electron chi connectivity index (χ2n) is 27.9. The normalized spacial score (nSPS) is 13.4. The Hall–Kier alpha value is -11.2. The fourth-order valence-corrected chi connectivity index (χ4v) is 19.1. The first kappa shape index (κ1) is 71.0. The maximum atomic E-state index is 9.00. The Kier molecular flexibility index (Phi) is 19.0. The van der Waals surface area contributed by atoms with Gasteiger partial charge < -0.3 is 15.9 Å². The van der Waals surface area contributed by atoms with Crippen molar-refractivity contribution < 1.29 is 40.2 Å². The number of aliphatic carboxylic acids is 2. The molecular formula is C99H70BrCl2NO4Pd. The van der Waals surface area contributed by atoms with Gasteiger partial charge in [-0.2, -0.15) is 0 Å². The number of para-hydroxylation sites is 1. The van der Waals surface area contributed by atoms with Crippen LogP contribution in [0.5, 0.6) is 0 Å². The molecule has 7 aliphatic carbocycles. The molecule has 5 nitrogen and oxygen atoms in total. The minimum Gasteiger partial charge on any atom is -0.481 e. The number of anilines is 1. The molecule has 0 aliphatic heterocycles. The van der Waals surface area contributed by atoms with E-state index in [4.69, 9.17) is 48.7 Å². The van der Waals surface area contributed by atoms with Crippen molar-refractivity contribution in [2.75, 3.05) is 5.73 Å². The molecular weight excluding hydrogens is 1520 g/mol. The van der Waals surface area contributed by atoms with E-state index in [1.165, 1.54) is 161 Å². The third-order valence-corrected chi connectivity index (χ3v) is 23.4. The van der Waals surface area contributed by atoms with Crippen LogP contribution in [0.3, 0.4) is 0 Å². The molecule has 15 aromatic carbocycles.